The molecule has 2 heterocycles. The van der Waals surface area contributed by atoms with Gasteiger partial charge in [0.1, 0.15) is 17.5 Å². The number of rotatable bonds is 10. The fourth-order valence-electron chi connectivity index (χ4n) is 6.08. The first-order chi connectivity index (χ1) is 22.2. The first-order valence-electron chi connectivity index (χ1n) is 15.9. The van der Waals surface area contributed by atoms with E-state index in [0.29, 0.717) is 49.3 Å². The maximum Gasteiger partial charge on any atom is 0.525 e. The van der Waals surface area contributed by atoms with Gasteiger partial charge in [0.05, 0.1) is 24.1 Å². The number of hydrogen-bond acceptors (Lipinski definition) is 6. The number of carboxylic acid groups (broad SMARTS) is 1. The number of benzene rings is 3. The largest absolute Gasteiger partial charge is 0.525 e. The molecule has 0 spiro atoms. The molecule has 2 aliphatic rings. The Morgan fingerprint density at radius 2 is 1.66 bits per heavy atom. The number of hydrogen-bond donors (Lipinski definition) is 2. The van der Waals surface area contributed by atoms with Crippen LogP contribution in [0.3, 0.4) is 0 Å². The summed E-state index contributed by atoms with van der Waals surface area (Å²) in [6.45, 7) is 11.8. The van der Waals surface area contributed by atoms with E-state index in [4.69, 9.17) is 9.26 Å². The Bertz CT molecular complexity index is 1580. The zero-order chi connectivity index (χ0) is 34.1. The van der Waals surface area contributed by atoms with Gasteiger partial charge >= 0.3 is 6.16 Å². The molecule has 0 aromatic heterocycles. The van der Waals surface area contributed by atoms with Crippen molar-refractivity contribution >= 4 is 26.1 Å². The fraction of sp³-hybridized carbons (Fsp3) is 0.429. The van der Waals surface area contributed by atoms with Crippen LogP contribution in [0.15, 0.2) is 66.7 Å². The van der Waals surface area contributed by atoms with E-state index in [9.17, 15) is 23.5 Å². The van der Waals surface area contributed by atoms with Gasteiger partial charge in [0.25, 0.3) is 0 Å². The quantitative estimate of drug-likeness (QED) is 0.168. The van der Waals surface area contributed by atoms with Crippen molar-refractivity contribution in [1.29, 1.82) is 0 Å². The van der Waals surface area contributed by atoms with E-state index >= 15 is 4.39 Å². The van der Waals surface area contributed by atoms with Crippen molar-refractivity contribution in [2.24, 2.45) is 5.92 Å². The van der Waals surface area contributed by atoms with Gasteiger partial charge < -0.3 is 24.6 Å². The molecule has 252 valence electrons. The third-order valence-corrected chi connectivity index (χ3v) is 14.1. The topological polar surface area (TPSA) is 91.3 Å². The molecule has 5 rings (SSSR count). The van der Waals surface area contributed by atoms with Crippen LogP contribution in [0.5, 0.6) is 0 Å². The maximum absolute atomic E-state index is 16.1. The normalized spacial score (nSPS) is 21.3. The van der Waals surface area contributed by atoms with Gasteiger partial charge in [0, 0.05) is 30.9 Å². The number of carbonyl (C=O) groups excluding carboxylic acids is 1. The van der Waals surface area contributed by atoms with Gasteiger partial charge in [-0.3, -0.25) is 4.79 Å². The van der Waals surface area contributed by atoms with Gasteiger partial charge in [0.15, 0.2) is 8.32 Å². The minimum Gasteiger partial charge on any atom is -0.448 e. The molecule has 8 nitrogen and oxygen atoms in total. The highest BCUT2D eigenvalue weighted by molar-refractivity contribution is 6.74. The molecular weight excluding hydrogens is 627 g/mol. The first kappa shape index (κ1) is 34.6. The summed E-state index contributed by atoms with van der Waals surface area (Å²) in [5, 5.41) is 13.6. The van der Waals surface area contributed by atoms with Gasteiger partial charge in [0.2, 0.25) is 5.91 Å². The van der Waals surface area contributed by atoms with Crippen molar-refractivity contribution < 1.29 is 37.1 Å². The van der Waals surface area contributed by atoms with Crippen molar-refractivity contribution in [2.45, 2.75) is 69.9 Å². The number of halogens is 3. The average molecular weight is 670 g/mol. The molecular formula is C35H42F3N3O5Si. The number of nitrogens with one attached hydrogen (secondary N) is 1. The Morgan fingerprint density at radius 3 is 2.26 bits per heavy atom. The average Bonchev–Trinajstić information content (AvgIpc) is 3.00. The second-order valence-corrected chi connectivity index (χ2v) is 18.5. The SMILES string of the molecule is CC(C)(C)[Si](C)(C)O[C@@H](CCC1C(=O)N(c2ccc(F)cc2)C1c1ccc(C2CNCCN2OC(=O)O)cc1F)c1ccc(F)cc1. The summed E-state index contributed by atoms with van der Waals surface area (Å²) in [6.07, 6.45) is -1.05. The molecule has 3 aromatic rings. The standard InChI is InChI=1S/C35H42F3N3O5Si/c1-35(2,3)47(4,5)46-31(22-6-9-24(36)10-7-22)17-16-28-32(41(33(28)42)26-13-11-25(37)12-14-26)27-15-8-23(20-29(27)38)30-21-39-18-19-40(30)45-34(43)44/h6-15,20,28,30-32,39H,16-19,21H2,1-5H3,(H,43,44)/t28?,30?,31-,32?/m0/s1. The van der Waals surface area contributed by atoms with E-state index in [1.165, 1.54) is 52.4 Å². The van der Waals surface area contributed by atoms with Crippen molar-refractivity contribution in [3.05, 3.63) is 101 Å². The Balaban J connectivity index is 1.45. The second kappa shape index (κ2) is 13.8. The summed E-state index contributed by atoms with van der Waals surface area (Å²) in [6, 6.07) is 15.2. The zero-order valence-corrected chi connectivity index (χ0v) is 28.3. The molecule has 2 fully saturated rings. The number of carbonyl (C=O) groups is 2. The third kappa shape index (κ3) is 7.56. The molecule has 3 unspecified atom stereocenters. The summed E-state index contributed by atoms with van der Waals surface area (Å²) >= 11 is 0. The van der Waals surface area contributed by atoms with Gasteiger partial charge in [-0.1, -0.05) is 45.0 Å². The van der Waals surface area contributed by atoms with E-state index in [2.05, 4.69) is 39.2 Å². The molecule has 3 aromatic carbocycles. The molecule has 0 radical (unpaired) electrons. The molecule has 47 heavy (non-hydrogen) atoms. The van der Waals surface area contributed by atoms with Crippen LogP contribution in [0.4, 0.5) is 23.7 Å². The van der Waals surface area contributed by atoms with Crippen LogP contribution >= 0.6 is 0 Å². The number of amides is 1. The van der Waals surface area contributed by atoms with Crippen molar-refractivity contribution in [3.8, 4) is 0 Å². The maximum atomic E-state index is 16.1. The summed E-state index contributed by atoms with van der Waals surface area (Å²) in [4.78, 5) is 31.5. The van der Waals surface area contributed by atoms with E-state index in [1.54, 1.807) is 24.3 Å². The van der Waals surface area contributed by atoms with Crippen molar-refractivity contribution in [1.82, 2.24) is 10.4 Å². The zero-order valence-electron chi connectivity index (χ0n) is 27.3. The van der Waals surface area contributed by atoms with Gasteiger partial charge in [-0.15, -0.1) is 5.06 Å². The number of hydroxylamine groups is 2. The molecule has 2 N–H and O–H groups in total. The monoisotopic (exact) mass is 669 g/mol. The molecule has 2 saturated heterocycles. The summed E-state index contributed by atoms with van der Waals surface area (Å²) in [5.41, 5.74) is 2.07. The van der Waals surface area contributed by atoms with E-state index in [0.717, 1.165) is 5.56 Å². The van der Waals surface area contributed by atoms with E-state index < -0.39 is 50.2 Å². The molecule has 0 aliphatic carbocycles. The van der Waals surface area contributed by atoms with Crippen LogP contribution < -0.4 is 10.2 Å². The Hall–Kier alpha value is -3.71. The Kier molecular flexibility index (Phi) is 10.2. The van der Waals surface area contributed by atoms with Crippen LogP contribution in [-0.2, 0) is 14.1 Å². The van der Waals surface area contributed by atoms with Crippen LogP contribution in [0.25, 0.3) is 0 Å². The van der Waals surface area contributed by atoms with Crippen LogP contribution in [0.2, 0.25) is 18.1 Å². The van der Waals surface area contributed by atoms with Gasteiger partial charge in [-0.2, -0.15) is 0 Å². The van der Waals surface area contributed by atoms with Crippen LogP contribution in [0, 0.1) is 23.4 Å². The highest BCUT2D eigenvalue weighted by Gasteiger charge is 2.50. The molecule has 12 heteroatoms. The second-order valence-electron chi connectivity index (χ2n) is 13.7. The molecule has 0 saturated carbocycles. The Morgan fingerprint density at radius 1 is 1.02 bits per heavy atom. The minimum absolute atomic E-state index is 0.0939. The highest BCUT2D eigenvalue weighted by atomic mass is 28.4. The van der Waals surface area contributed by atoms with Crippen molar-refractivity contribution in [2.75, 3.05) is 24.5 Å². The minimum atomic E-state index is -2.29. The summed E-state index contributed by atoms with van der Waals surface area (Å²) < 4.78 is 50.6. The molecule has 1 amide bonds. The predicted molar refractivity (Wildman–Crippen MR) is 175 cm³/mol. The smallest absolute Gasteiger partial charge is 0.448 e. The Labute approximate surface area is 274 Å². The summed E-state index contributed by atoms with van der Waals surface area (Å²) in [7, 11) is -2.29. The molecule has 2 aliphatic heterocycles. The van der Waals surface area contributed by atoms with Crippen LogP contribution in [0.1, 0.15) is 68.5 Å². The number of anilines is 1. The van der Waals surface area contributed by atoms with Gasteiger partial charge in [-0.25, -0.2) is 18.0 Å². The third-order valence-electron chi connectivity index (χ3n) is 9.66. The predicted octanol–water partition coefficient (Wildman–Crippen LogP) is 7.91. The molecule has 4 atom stereocenters. The molecule has 0 bridgehead atoms. The first-order valence-corrected chi connectivity index (χ1v) is 18.8. The fourth-order valence-corrected chi connectivity index (χ4v) is 7.40. The lowest BCUT2D eigenvalue weighted by atomic mass is 9.77. The number of β-lactam (4-membered cyclic amide) rings is 1. The number of piperazine rings is 1. The number of nitrogens with zero attached hydrogens (tertiary/aromatic N) is 2. The van der Waals surface area contributed by atoms with Gasteiger partial charge in [-0.05, 0) is 84.6 Å². The van der Waals surface area contributed by atoms with E-state index in [-0.39, 0.29) is 16.8 Å². The lowest BCUT2D eigenvalue weighted by molar-refractivity contribution is -0.157. The van der Waals surface area contributed by atoms with Crippen molar-refractivity contribution in [3.63, 3.8) is 0 Å². The summed E-state index contributed by atoms with van der Waals surface area (Å²) in [5.74, 6) is -2.18. The lowest BCUT2D eigenvalue weighted by Gasteiger charge is -2.48. The lowest BCUT2D eigenvalue weighted by Crippen LogP contribution is -2.55. The van der Waals surface area contributed by atoms with Crippen LogP contribution in [-0.4, -0.2) is 50.2 Å². The highest BCUT2D eigenvalue weighted by Crippen LogP contribution is 2.48. The van der Waals surface area contributed by atoms with E-state index in [1.807, 2.05) is 0 Å².